The molecule has 9 rings (SSSR count). The lowest BCUT2D eigenvalue weighted by atomic mass is 9.43. The molecular formula is C46H56N4O8. The molecule has 58 heavy (non-hydrogen) atoms. The van der Waals surface area contributed by atoms with Crippen LogP contribution in [0.1, 0.15) is 62.4 Å². The van der Waals surface area contributed by atoms with E-state index < -0.39 is 51.8 Å². The minimum atomic E-state index is -2.22. The van der Waals surface area contributed by atoms with Crippen molar-refractivity contribution in [2.75, 3.05) is 66.0 Å². The van der Waals surface area contributed by atoms with Gasteiger partial charge in [-0.05, 0) is 60.9 Å². The molecular weight excluding hydrogens is 737 g/mol. The molecule has 2 N–H and O–H groups in total. The molecule has 6 aliphatic rings. The van der Waals surface area contributed by atoms with Gasteiger partial charge in [0.15, 0.2) is 6.10 Å². The van der Waals surface area contributed by atoms with Crippen molar-refractivity contribution in [3.8, 4) is 5.75 Å². The van der Waals surface area contributed by atoms with Crippen LogP contribution in [0.5, 0.6) is 5.75 Å². The highest BCUT2D eigenvalue weighted by atomic mass is 16.6. The van der Waals surface area contributed by atoms with Crippen LogP contribution in [0.25, 0.3) is 10.9 Å². The summed E-state index contributed by atoms with van der Waals surface area (Å²) >= 11 is 0. The molecule has 1 aliphatic carbocycles. The van der Waals surface area contributed by atoms with E-state index in [0.717, 1.165) is 46.5 Å². The molecule has 6 heterocycles. The van der Waals surface area contributed by atoms with Gasteiger partial charge in [0.05, 0.1) is 21.3 Å². The third-order valence-corrected chi connectivity index (χ3v) is 15.0. The van der Waals surface area contributed by atoms with Crippen LogP contribution in [0.3, 0.4) is 0 Å². The van der Waals surface area contributed by atoms with Crippen molar-refractivity contribution in [2.45, 2.75) is 75.2 Å². The summed E-state index contributed by atoms with van der Waals surface area (Å²) in [6.07, 6.45) is 9.00. The fraction of sp³-hybridized carbons (Fsp3) is 0.543. The monoisotopic (exact) mass is 792 g/mol. The Bertz CT molecular complexity index is 2250. The highest BCUT2D eigenvalue weighted by Crippen LogP contribution is 2.68. The average molecular weight is 793 g/mol. The van der Waals surface area contributed by atoms with Crippen molar-refractivity contribution >= 4 is 34.5 Å². The Kier molecular flexibility index (Phi) is 9.18. The lowest BCUT2D eigenvalue weighted by Crippen LogP contribution is -2.80. The fourth-order valence-corrected chi connectivity index (χ4v) is 12.9. The predicted molar refractivity (Wildman–Crippen MR) is 219 cm³/mol. The number of ether oxygens (including phenoxy) is 4. The molecule has 2 fully saturated rings. The van der Waals surface area contributed by atoms with E-state index in [4.69, 9.17) is 18.9 Å². The van der Waals surface area contributed by atoms with Gasteiger partial charge in [0, 0.05) is 103 Å². The number of carbonyl (C=O) groups is 3. The van der Waals surface area contributed by atoms with Gasteiger partial charge in [-0.1, -0.05) is 56.4 Å². The third-order valence-electron chi connectivity index (χ3n) is 15.0. The van der Waals surface area contributed by atoms with E-state index in [1.54, 1.807) is 7.11 Å². The molecule has 2 aromatic carbocycles. The highest BCUT2D eigenvalue weighted by molar-refractivity contribution is 5.94. The molecule has 10 atom stereocenters. The van der Waals surface area contributed by atoms with Crippen LogP contribution in [0.15, 0.2) is 60.7 Å². The van der Waals surface area contributed by atoms with Crippen LogP contribution < -0.4 is 9.64 Å². The molecule has 3 aromatic rings. The first-order chi connectivity index (χ1) is 27.8. The fourth-order valence-electron chi connectivity index (χ4n) is 12.9. The normalized spacial score (nSPS) is 36.0. The number of benzene rings is 2. The van der Waals surface area contributed by atoms with Gasteiger partial charge in [-0.25, -0.2) is 4.79 Å². The number of para-hydroxylation sites is 1. The second-order valence-corrected chi connectivity index (χ2v) is 17.8. The smallest absolute Gasteiger partial charge is 0.342 e. The predicted octanol–water partition coefficient (Wildman–Crippen LogP) is 4.86. The Hall–Kier alpha value is -4.65. The maximum absolute atomic E-state index is 15.2. The van der Waals surface area contributed by atoms with Gasteiger partial charge in [0.1, 0.15) is 11.2 Å². The van der Waals surface area contributed by atoms with Gasteiger partial charge >= 0.3 is 17.9 Å². The lowest BCUT2D eigenvalue weighted by Gasteiger charge is -2.66. The standard InChI is InChI=1S/C46H56N4O8/c1-8-43-16-11-18-50-19-17-44(39(43)50)32-20-33(36(55-5)21-35(32)48(4)26-37(44)46(54,42(53)57-7)40(43)58-28(3)51)45(41(52)56-6)22-29-15-14-27(2)23-49(24-29)25-31-30-12-9-10-13-34(30)47-38(31)45/h9-16,20-21,27,29,37,39-40,47,54H,8,17-19,22-26H2,1-7H3/t27?,29?,37-,39-,40+,43+,44-,45-,46-/m0/s1. The van der Waals surface area contributed by atoms with Crippen LogP contribution in [0.2, 0.25) is 0 Å². The number of carbonyl (C=O) groups excluding carboxylic acids is 3. The zero-order valence-electron chi connectivity index (χ0n) is 34.7. The molecule has 1 saturated heterocycles. The second kappa shape index (κ2) is 13.7. The average Bonchev–Trinajstić information content (AvgIpc) is 3.73. The topological polar surface area (TPSA) is 134 Å². The van der Waals surface area contributed by atoms with Crippen LogP contribution in [0, 0.1) is 23.2 Å². The summed E-state index contributed by atoms with van der Waals surface area (Å²) in [5, 5.41) is 14.4. The van der Waals surface area contributed by atoms with E-state index in [0.29, 0.717) is 56.1 Å². The number of fused-ring (bicyclic) bond motifs is 6. The van der Waals surface area contributed by atoms with Crippen LogP contribution >= 0.6 is 0 Å². The van der Waals surface area contributed by atoms with Gasteiger partial charge in [-0.15, -0.1) is 0 Å². The summed E-state index contributed by atoms with van der Waals surface area (Å²) in [6, 6.07) is 12.2. The minimum absolute atomic E-state index is 0.000264. The highest BCUT2D eigenvalue weighted by Gasteiger charge is 2.78. The van der Waals surface area contributed by atoms with E-state index in [1.165, 1.54) is 21.1 Å². The Morgan fingerprint density at radius 3 is 2.50 bits per heavy atom. The van der Waals surface area contributed by atoms with Gasteiger partial charge in [0.25, 0.3) is 0 Å². The molecule has 12 heteroatoms. The van der Waals surface area contributed by atoms with Crippen molar-refractivity contribution in [1.82, 2.24) is 14.8 Å². The SMILES string of the molecule is CC[C@]12C=CCN3CC[C@@]4(c5cc([C@@]6(C(=O)OC)CC7C=CC(C)CN(Cc8c6[nH]c6ccccc86)C7)c(OC)cc5N(C)C[C@@H]4[C@@](O)(C(=O)OC)[C@@H]1OC(C)=O)[C@@H]32. The van der Waals surface area contributed by atoms with Gasteiger partial charge in [-0.3, -0.25) is 19.4 Å². The number of aromatic amines is 1. The van der Waals surface area contributed by atoms with Gasteiger partial charge in [0.2, 0.25) is 5.60 Å². The largest absolute Gasteiger partial charge is 0.496 e. The van der Waals surface area contributed by atoms with Crippen LogP contribution in [0.4, 0.5) is 5.69 Å². The first-order valence-corrected chi connectivity index (χ1v) is 20.8. The Morgan fingerprint density at radius 2 is 1.78 bits per heavy atom. The Morgan fingerprint density at radius 1 is 1.00 bits per heavy atom. The number of hydrogen-bond donors (Lipinski definition) is 2. The number of hydrogen-bond acceptors (Lipinski definition) is 11. The zero-order chi connectivity index (χ0) is 40.9. The molecule has 1 aromatic heterocycles. The second-order valence-electron chi connectivity index (χ2n) is 17.8. The van der Waals surface area contributed by atoms with Crippen molar-refractivity contribution in [3.63, 3.8) is 0 Å². The molecule has 2 bridgehead atoms. The maximum atomic E-state index is 15.2. The first-order valence-electron chi connectivity index (χ1n) is 20.8. The summed E-state index contributed by atoms with van der Waals surface area (Å²) in [5.41, 5.74) is -0.0965. The van der Waals surface area contributed by atoms with Crippen molar-refractivity contribution in [1.29, 1.82) is 0 Å². The molecule has 1 spiro atoms. The molecule has 5 aliphatic heterocycles. The number of nitrogens with one attached hydrogen (secondary N) is 1. The molecule has 0 amide bonds. The number of methoxy groups -OCH3 is 3. The van der Waals surface area contributed by atoms with E-state index >= 15 is 4.79 Å². The first kappa shape index (κ1) is 38.8. The molecule has 0 radical (unpaired) electrons. The number of aromatic nitrogens is 1. The van der Waals surface area contributed by atoms with Crippen molar-refractivity contribution in [3.05, 3.63) is 83.1 Å². The lowest BCUT2D eigenvalue weighted by molar-refractivity contribution is -0.243. The van der Waals surface area contributed by atoms with Gasteiger partial charge in [-0.2, -0.15) is 0 Å². The number of aliphatic hydroxyl groups is 1. The van der Waals surface area contributed by atoms with Crippen molar-refractivity contribution < 1.29 is 38.4 Å². The summed E-state index contributed by atoms with van der Waals surface area (Å²) in [7, 11) is 6.34. The summed E-state index contributed by atoms with van der Waals surface area (Å²) in [4.78, 5) is 53.4. The molecule has 1 saturated carbocycles. The van der Waals surface area contributed by atoms with Crippen molar-refractivity contribution in [2.24, 2.45) is 23.2 Å². The third kappa shape index (κ3) is 5.06. The number of H-pyrrole nitrogens is 1. The Labute approximate surface area is 340 Å². The summed E-state index contributed by atoms with van der Waals surface area (Å²) in [6.45, 7) is 9.56. The molecule has 308 valence electrons. The number of anilines is 1. The Balaban J connectivity index is 1.38. The summed E-state index contributed by atoms with van der Waals surface area (Å²) in [5.74, 6) is -1.67. The minimum Gasteiger partial charge on any atom is -0.496 e. The maximum Gasteiger partial charge on any atom is 0.342 e. The van der Waals surface area contributed by atoms with Crippen LogP contribution in [-0.2, 0) is 46.0 Å². The van der Waals surface area contributed by atoms with Gasteiger partial charge < -0.3 is 33.9 Å². The quantitative estimate of drug-likeness (QED) is 0.202. The number of nitrogens with zero attached hydrogens (tertiary/aromatic N) is 3. The molecule has 12 nitrogen and oxygen atoms in total. The van der Waals surface area contributed by atoms with E-state index in [1.807, 2.05) is 32.2 Å². The van der Waals surface area contributed by atoms with E-state index in [-0.39, 0.29) is 18.5 Å². The van der Waals surface area contributed by atoms with E-state index in [9.17, 15) is 14.7 Å². The number of rotatable bonds is 6. The summed E-state index contributed by atoms with van der Waals surface area (Å²) < 4.78 is 24.0. The zero-order valence-corrected chi connectivity index (χ0v) is 34.7. The van der Waals surface area contributed by atoms with E-state index in [2.05, 4.69) is 69.1 Å². The van der Waals surface area contributed by atoms with Crippen LogP contribution in [-0.4, -0.2) is 117 Å². The number of esters is 3. The molecule has 3 unspecified atom stereocenters.